The van der Waals surface area contributed by atoms with Crippen molar-refractivity contribution in [2.75, 3.05) is 13.7 Å². The van der Waals surface area contributed by atoms with Crippen molar-refractivity contribution in [3.05, 3.63) is 94.7 Å². The lowest BCUT2D eigenvalue weighted by atomic mass is 9.97. The summed E-state index contributed by atoms with van der Waals surface area (Å²) in [5.74, 6) is 0.0247. The molecule has 198 valence electrons. The van der Waals surface area contributed by atoms with Crippen LogP contribution in [0.3, 0.4) is 0 Å². The third kappa shape index (κ3) is 4.48. The molecule has 1 aromatic heterocycles. The molecule has 1 aliphatic carbocycles. The van der Waals surface area contributed by atoms with Crippen LogP contribution in [-0.4, -0.2) is 51.1 Å². The second-order valence-electron chi connectivity index (χ2n) is 10.2. The lowest BCUT2D eigenvalue weighted by molar-refractivity contribution is 0.0697. The number of carboxylic acids is 1. The summed E-state index contributed by atoms with van der Waals surface area (Å²) >= 11 is 0. The summed E-state index contributed by atoms with van der Waals surface area (Å²) < 4.78 is 8.01. The molecule has 6 rings (SSSR count). The molecule has 0 spiro atoms. The Hall–Kier alpha value is -4.39. The van der Waals surface area contributed by atoms with Gasteiger partial charge in [-0.25, -0.2) is 9.79 Å². The van der Waals surface area contributed by atoms with Gasteiger partial charge in [0, 0.05) is 12.6 Å². The number of imidazole rings is 1. The second kappa shape index (κ2) is 10.1. The molecule has 1 unspecified atom stereocenters. The standard InChI is InChI=1S/C32H32N4O3/c1-4-39-32-34-29-20(2)16-23(30-33-26-12-8-9-13-27(26)35(30)3)18-28(29)36(32)19-21-14-15-24(25(17-21)31(37)38)22-10-6-5-7-11-22/h5-7,10-12,14-18,27H,4,8-9,13,19H2,1-3H3,(H,37,38). The number of carbonyl (C=O) groups is 1. The van der Waals surface area contributed by atoms with Gasteiger partial charge in [-0.1, -0.05) is 48.5 Å². The smallest absolute Gasteiger partial charge is 0.336 e. The second-order valence-corrected chi connectivity index (χ2v) is 10.2. The van der Waals surface area contributed by atoms with E-state index in [4.69, 9.17) is 14.7 Å². The number of aryl methyl sites for hydroxylation is 1. The highest BCUT2D eigenvalue weighted by atomic mass is 16.5. The highest BCUT2D eigenvalue weighted by molar-refractivity contribution is 6.04. The third-order valence-corrected chi connectivity index (χ3v) is 7.69. The number of amidine groups is 1. The van der Waals surface area contributed by atoms with Gasteiger partial charge in [0.2, 0.25) is 0 Å². The van der Waals surface area contributed by atoms with Crippen LogP contribution in [0.2, 0.25) is 0 Å². The number of hydrogen-bond acceptors (Lipinski definition) is 5. The quantitative estimate of drug-likeness (QED) is 0.310. The van der Waals surface area contributed by atoms with Crippen molar-refractivity contribution in [3.63, 3.8) is 0 Å². The van der Waals surface area contributed by atoms with E-state index in [1.165, 1.54) is 12.1 Å². The first-order valence-corrected chi connectivity index (χ1v) is 13.5. The van der Waals surface area contributed by atoms with Crippen molar-refractivity contribution >= 4 is 22.8 Å². The van der Waals surface area contributed by atoms with Gasteiger partial charge in [-0.15, -0.1) is 0 Å². The van der Waals surface area contributed by atoms with Gasteiger partial charge in [-0.3, -0.25) is 4.57 Å². The number of ether oxygens (including phenoxy) is 1. The number of rotatable bonds is 7. The van der Waals surface area contributed by atoms with E-state index < -0.39 is 5.97 Å². The topological polar surface area (TPSA) is 80.0 Å². The van der Waals surface area contributed by atoms with Gasteiger partial charge in [0.1, 0.15) is 5.84 Å². The van der Waals surface area contributed by atoms with E-state index in [-0.39, 0.29) is 5.56 Å². The summed E-state index contributed by atoms with van der Waals surface area (Å²) in [4.78, 5) is 24.4. The predicted octanol–water partition coefficient (Wildman–Crippen LogP) is 6.29. The molecule has 0 saturated heterocycles. The highest BCUT2D eigenvalue weighted by Crippen LogP contribution is 2.34. The molecule has 3 aromatic carbocycles. The number of fused-ring (bicyclic) bond motifs is 2. The van der Waals surface area contributed by atoms with E-state index in [0.717, 1.165) is 52.0 Å². The van der Waals surface area contributed by atoms with Crippen molar-refractivity contribution in [1.82, 2.24) is 14.5 Å². The first-order valence-electron chi connectivity index (χ1n) is 13.5. The number of hydrogen-bond donors (Lipinski definition) is 1. The van der Waals surface area contributed by atoms with Crippen molar-refractivity contribution in [2.45, 2.75) is 45.7 Å². The Morgan fingerprint density at radius 3 is 2.67 bits per heavy atom. The van der Waals surface area contributed by atoms with Gasteiger partial charge in [0.05, 0.1) is 41.5 Å². The molecular formula is C32H32N4O3. The molecule has 2 aliphatic rings. The number of aromatic nitrogens is 2. The van der Waals surface area contributed by atoms with Gasteiger partial charge in [-0.05, 0) is 73.6 Å². The van der Waals surface area contributed by atoms with Crippen LogP contribution in [0, 0.1) is 6.92 Å². The summed E-state index contributed by atoms with van der Waals surface area (Å²) in [7, 11) is 2.12. The zero-order valence-corrected chi connectivity index (χ0v) is 22.5. The monoisotopic (exact) mass is 520 g/mol. The number of carboxylic acid groups (broad SMARTS) is 1. The predicted molar refractivity (Wildman–Crippen MR) is 154 cm³/mol. The van der Waals surface area contributed by atoms with Gasteiger partial charge in [0.25, 0.3) is 6.01 Å². The minimum Gasteiger partial charge on any atom is -0.478 e. The molecule has 0 bridgehead atoms. The minimum absolute atomic E-state index is 0.274. The third-order valence-electron chi connectivity index (χ3n) is 7.69. The fourth-order valence-corrected chi connectivity index (χ4v) is 5.79. The zero-order valence-electron chi connectivity index (χ0n) is 22.5. The van der Waals surface area contributed by atoms with Crippen LogP contribution in [0.15, 0.2) is 77.4 Å². The van der Waals surface area contributed by atoms with E-state index in [1.807, 2.05) is 54.0 Å². The van der Waals surface area contributed by atoms with Crippen LogP contribution < -0.4 is 4.74 Å². The van der Waals surface area contributed by atoms with Gasteiger partial charge >= 0.3 is 5.97 Å². The Morgan fingerprint density at radius 2 is 1.92 bits per heavy atom. The van der Waals surface area contributed by atoms with Gasteiger partial charge in [-0.2, -0.15) is 4.98 Å². The van der Waals surface area contributed by atoms with Crippen molar-refractivity contribution in [1.29, 1.82) is 0 Å². The maximum atomic E-state index is 12.2. The number of benzene rings is 3. The van der Waals surface area contributed by atoms with E-state index in [0.29, 0.717) is 30.8 Å². The first kappa shape index (κ1) is 24.9. The number of aliphatic imine (C=N–C) groups is 1. The van der Waals surface area contributed by atoms with E-state index in [9.17, 15) is 9.90 Å². The van der Waals surface area contributed by atoms with E-state index in [2.05, 4.69) is 37.1 Å². The van der Waals surface area contributed by atoms with Crippen molar-refractivity contribution in [2.24, 2.45) is 4.99 Å². The van der Waals surface area contributed by atoms with Crippen molar-refractivity contribution in [3.8, 4) is 17.1 Å². The van der Waals surface area contributed by atoms with Crippen LogP contribution in [0.4, 0.5) is 0 Å². The molecule has 7 heteroatoms. The Labute approximate surface area is 228 Å². The number of likely N-dealkylation sites (N-methyl/N-ethyl adjacent to an activating group) is 1. The first-order chi connectivity index (χ1) is 18.9. The summed E-state index contributed by atoms with van der Waals surface area (Å²) in [6, 6.07) is 20.4. The average Bonchev–Trinajstić information content (AvgIpc) is 3.47. The highest BCUT2D eigenvalue weighted by Gasteiger charge is 2.31. The zero-order chi connectivity index (χ0) is 27.1. The molecule has 0 amide bonds. The summed E-state index contributed by atoms with van der Waals surface area (Å²) in [6.45, 7) is 4.92. The fraction of sp³-hybridized carbons (Fsp3) is 0.281. The molecular weight excluding hydrogens is 488 g/mol. The number of allylic oxidation sites excluding steroid dienone is 1. The van der Waals surface area contributed by atoms with Crippen LogP contribution in [0.25, 0.3) is 22.2 Å². The molecule has 1 atom stereocenters. The maximum absolute atomic E-state index is 12.2. The SMILES string of the molecule is CCOc1nc2c(C)cc(C3=NC4=CCCCC4N3C)cc2n1Cc1ccc(-c2ccccc2)c(C(=O)O)c1. The lowest BCUT2D eigenvalue weighted by Gasteiger charge is -2.26. The van der Waals surface area contributed by atoms with Crippen molar-refractivity contribution < 1.29 is 14.6 Å². The molecule has 0 saturated carbocycles. The minimum atomic E-state index is -0.951. The molecule has 2 heterocycles. The number of nitrogens with zero attached hydrogens (tertiary/aromatic N) is 4. The Bertz CT molecular complexity index is 1630. The Morgan fingerprint density at radius 1 is 1.10 bits per heavy atom. The van der Waals surface area contributed by atoms with Gasteiger partial charge in [0.15, 0.2) is 0 Å². The molecule has 0 fully saturated rings. The molecule has 1 N–H and O–H groups in total. The normalized spacial score (nSPS) is 16.7. The maximum Gasteiger partial charge on any atom is 0.336 e. The molecule has 0 radical (unpaired) electrons. The van der Waals surface area contributed by atoms with Crippen LogP contribution in [-0.2, 0) is 6.54 Å². The lowest BCUT2D eigenvalue weighted by Crippen LogP contribution is -2.33. The van der Waals surface area contributed by atoms with Crippen LogP contribution >= 0.6 is 0 Å². The van der Waals surface area contributed by atoms with Crippen LogP contribution in [0.1, 0.15) is 53.2 Å². The number of aromatic carboxylic acids is 1. The summed E-state index contributed by atoms with van der Waals surface area (Å²) in [5, 5.41) is 10.0. The molecule has 39 heavy (non-hydrogen) atoms. The summed E-state index contributed by atoms with van der Waals surface area (Å²) in [5.41, 5.74) is 7.79. The van der Waals surface area contributed by atoms with Gasteiger partial charge < -0.3 is 14.7 Å². The molecule has 4 aromatic rings. The summed E-state index contributed by atoms with van der Waals surface area (Å²) in [6.07, 6.45) is 5.65. The van der Waals surface area contributed by atoms with Crippen LogP contribution in [0.5, 0.6) is 6.01 Å². The molecule has 1 aliphatic heterocycles. The fourth-order valence-electron chi connectivity index (χ4n) is 5.79. The van der Waals surface area contributed by atoms with E-state index in [1.54, 1.807) is 6.07 Å². The Balaban J connectivity index is 1.44. The average molecular weight is 521 g/mol. The van der Waals surface area contributed by atoms with E-state index >= 15 is 0 Å². The molecule has 7 nitrogen and oxygen atoms in total. The largest absolute Gasteiger partial charge is 0.478 e. The Kier molecular flexibility index (Phi) is 6.43.